The third-order valence-electron chi connectivity index (χ3n) is 3.66. The minimum absolute atomic E-state index is 0.00617. The number of halogens is 2. The fraction of sp³-hybridized carbons (Fsp3) is 0.312. The topological polar surface area (TPSA) is 127 Å². The third kappa shape index (κ3) is 5.10. The number of carbonyl (C=O) groups excluding carboxylic acids is 1. The number of rotatable bonds is 5. The van der Waals surface area contributed by atoms with E-state index in [-0.39, 0.29) is 23.4 Å². The molecule has 1 amide bonds. The molecule has 2 atom stereocenters. The highest BCUT2D eigenvalue weighted by molar-refractivity contribution is 6.42. The summed E-state index contributed by atoms with van der Waals surface area (Å²) >= 11 is 11.8. The highest BCUT2D eigenvalue weighted by atomic mass is 35.5. The summed E-state index contributed by atoms with van der Waals surface area (Å²) in [6, 6.07) is 6.64. The summed E-state index contributed by atoms with van der Waals surface area (Å²) in [4.78, 5) is 15.8. The molecule has 0 spiro atoms. The van der Waals surface area contributed by atoms with Crippen LogP contribution in [0.15, 0.2) is 35.0 Å². The number of nitrogens with one attached hydrogen (secondary N) is 1. The number of aliphatic imine (C=N–C) groups is 1. The Morgan fingerprint density at radius 2 is 2.16 bits per heavy atom. The molecule has 1 heterocycles. The Morgan fingerprint density at radius 1 is 1.40 bits per heavy atom. The van der Waals surface area contributed by atoms with Crippen molar-refractivity contribution in [2.24, 2.45) is 22.4 Å². The quantitative estimate of drug-likeness (QED) is 0.407. The van der Waals surface area contributed by atoms with Gasteiger partial charge in [-0.05, 0) is 24.6 Å². The smallest absolute Gasteiger partial charge is 0.253 e. The zero-order valence-corrected chi connectivity index (χ0v) is 14.7. The second-order valence-corrected chi connectivity index (χ2v) is 6.20. The maximum absolute atomic E-state index is 11.7. The number of carbonyl (C=O) groups is 1. The molecular weight excluding hydrogens is 365 g/mol. The number of amidine groups is 1. The minimum atomic E-state index is -0.751. The average Bonchev–Trinajstić information content (AvgIpc) is 2.58. The van der Waals surface area contributed by atoms with Crippen molar-refractivity contribution < 1.29 is 9.53 Å². The highest BCUT2D eigenvalue weighted by Crippen LogP contribution is 2.26. The van der Waals surface area contributed by atoms with Crippen molar-refractivity contribution in [3.63, 3.8) is 0 Å². The predicted molar refractivity (Wildman–Crippen MR) is 96.5 cm³/mol. The van der Waals surface area contributed by atoms with Gasteiger partial charge in [-0.2, -0.15) is 5.26 Å². The van der Waals surface area contributed by atoms with E-state index in [4.69, 9.17) is 44.7 Å². The van der Waals surface area contributed by atoms with Gasteiger partial charge in [-0.15, -0.1) is 0 Å². The lowest BCUT2D eigenvalue weighted by molar-refractivity contribution is -0.114. The Morgan fingerprint density at radius 3 is 2.80 bits per heavy atom. The van der Waals surface area contributed by atoms with E-state index in [0.29, 0.717) is 35.4 Å². The van der Waals surface area contributed by atoms with E-state index in [1.54, 1.807) is 12.1 Å². The number of hydrogen-bond acceptors (Lipinski definition) is 5. The maximum Gasteiger partial charge on any atom is 0.253 e. The number of nitrogens with zero attached hydrogens (tertiary/aromatic N) is 2. The van der Waals surface area contributed by atoms with Crippen molar-refractivity contribution in [3.05, 3.63) is 40.0 Å². The number of ether oxygens (including phenoxy) is 1. The van der Waals surface area contributed by atoms with Gasteiger partial charge in [0.25, 0.3) is 5.91 Å². The predicted octanol–water partition coefficient (Wildman–Crippen LogP) is 1.87. The van der Waals surface area contributed by atoms with E-state index in [1.807, 2.05) is 0 Å². The normalized spacial score (nSPS) is 21.5. The fourth-order valence-electron chi connectivity index (χ4n) is 2.27. The molecule has 0 radical (unpaired) electrons. The summed E-state index contributed by atoms with van der Waals surface area (Å²) in [7, 11) is 0. The fourth-order valence-corrected chi connectivity index (χ4v) is 2.56. The van der Waals surface area contributed by atoms with Crippen LogP contribution >= 0.6 is 23.2 Å². The Kier molecular flexibility index (Phi) is 6.65. The van der Waals surface area contributed by atoms with Crippen LogP contribution in [0.5, 0.6) is 0 Å². The first kappa shape index (κ1) is 19.1. The molecule has 132 valence electrons. The van der Waals surface area contributed by atoms with Crippen molar-refractivity contribution in [2.45, 2.75) is 12.5 Å². The molecule has 1 aliphatic heterocycles. The summed E-state index contributed by atoms with van der Waals surface area (Å²) in [5.41, 5.74) is 11.7. The summed E-state index contributed by atoms with van der Waals surface area (Å²) in [6.07, 6.45) is 1.98. The molecule has 1 fully saturated rings. The second-order valence-electron chi connectivity index (χ2n) is 5.39. The lowest BCUT2D eigenvalue weighted by Gasteiger charge is -2.27. The van der Waals surface area contributed by atoms with Crippen molar-refractivity contribution in [2.75, 3.05) is 13.2 Å². The van der Waals surface area contributed by atoms with Gasteiger partial charge < -0.3 is 21.5 Å². The van der Waals surface area contributed by atoms with Crippen LogP contribution in [-0.2, 0) is 9.53 Å². The summed E-state index contributed by atoms with van der Waals surface area (Å²) in [5.74, 6) is -1.06. The van der Waals surface area contributed by atoms with Crippen molar-refractivity contribution in [3.8, 4) is 6.07 Å². The molecule has 0 saturated carbocycles. The lowest BCUT2D eigenvalue weighted by Crippen LogP contribution is -2.42. The standard InChI is InChI=1S/C16H17Cl2N5O2/c17-12-2-1-10(5-13(12)18)23-15(20)11(16(21)24)7-22-14-8-25-4-3-9(14)6-19/h1-2,5,7,9,14,22H,3-4,8H2,(H2,20,23)(H2,21,24)/b11-7+. The van der Waals surface area contributed by atoms with Crippen molar-refractivity contribution in [1.29, 1.82) is 5.26 Å². The zero-order valence-electron chi connectivity index (χ0n) is 13.2. The van der Waals surface area contributed by atoms with Crippen LogP contribution < -0.4 is 16.8 Å². The van der Waals surface area contributed by atoms with Gasteiger partial charge in [-0.1, -0.05) is 23.2 Å². The van der Waals surface area contributed by atoms with E-state index in [9.17, 15) is 4.79 Å². The van der Waals surface area contributed by atoms with Crippen LogP contribution in [0.2, 0.25) is 10.0 Å². The third-order valence-corrected chi connectivity index (χ3v) is 4.40. The van der Waals surface area contributed by atoms with E-state index >= 15 is 0 Å². The van der Waals surface area contributed by atoms with Crippen LogP contribution in [0.1, 0.15) is 6.42 Å². The van der Waals surface area contributed by atoms with Crippen LogP contribution in [0.3, 0.4) is 0 Å². The first-order valence-electron chi connectivity index (χ1n) is 7.45. The number of benzene rings is 1. The Hall–Kier alpha value is -2.27. The molecule has 0 bridgehead atoms. The zero-order chi connectivity index (χ0) is 18.4. The summed E-state index contributed by atoms with van der Waals surface area (Å²) in [6.45, 7) is 0.883. The van der Waals surface area contributed by atoms with Gasteiger partial charge in [0, 0.05) is 12.8 Å². The molecule has 7 nitrogen and oxygen atoms in total. The van der Waals surface area contributed by atoms with Gasteiger partial charge in [0.05, 0.1) is 45.9 Å². The van der Waals surface area contributed by atoms with E-state index in [2.05, 4.69) is 16.4 Å². The molecule has 5 N–H and O–H groups in total. The molecule has 2 rings (SSSR count). The maximum atomic E-state index is 11.7. The van der Waals surface area contributed by atoms with Crippen LogP contribution in [0.4, 0.5) is 5.69 Å². The van der Waals surface area contributed by atoms with Crippen LogP contribution in [0, 0.1) is 17.2 Å². The largest absolute Gasteiger partial charge is 0.384 e. The van der Waals surface area contributed by atoms with Crippen LogP contribution in [0.25, 0.3) is 0 Å². The first-order valence-corrected chi connectivity index (χ1v) is 8.21. The number of primary amides is 1. The molecular formula is C16H17Cl2N5O2. The second kappa shape index (κ2) is 8.72. The van der Waals surface area contributed by atoms with E-state index in [0.717, 1.165) is 0 Å². The molecule has 1 aliphatic rings. The van der Waals surface area contributed by atoms with Crippen LogP contribution in [-0.4, -0.2) is 31.0 Å². The van der Waals surface area contributed by atoms with Gasteiger partial charge >= 0.3 is 0 Å². The van der Waals surface area contributed by atoms with E-state index < -0.39 is 5.91 Å². The molecule has 2 unspecified atom stereocenters. The van der Waals surface area contributed by atoms with Gasteiger partial charge in [-0.3, -0.25) is 4.79 Å². The van der Waals surface area contributed by atoms with Gasteiger partial charge in [0.15, 0.2) is 0 Å². The first-order chi connectivity index (χ1) is 11.9. The number of nitrogens with two attached hydrogens (primary N) is 2. The van der Waals surface area contributed by atoms with E-state index in [1.165, 1.54) is 12.3 Å². The molecule has 1 saturated heterocycles. The molecule has 9 heteroatoms. The minimum Gasteiger partial charge on any atom is -0.384 e. The Labute approximate surface area is 155 Å². The van der Waals surface area contributed by atoms with Gasteiger partial charge in [0.2, 0.25) is 0 Å². The average molecular weight is 382 g/mol. The Bertz CT molecular complexity index is 757. The summed E-state index contributed by atoms with van der Waals surface area (Å²) < 4.78 is 5.34. The number of hydrogen-bond donors (Lipinski definition) is 3. The Balaban J connectivity index is 2.21. The van der Waals surface area contributed by atoms with Gasteiger partial charge in [0.1, 0.15) is 5.84 Å². The molecule has 1 aromatic carbocycles. The number of nitriles is 1. The number of amides is 1. The molecule has 0 aliphatic carbocycles. The SMILES string of the molecule is N#CC1CCOCC1N/C=C(/C(N)=O)C(N)=Nc1ccc(Cl)c(Cl)c1. The lowest BCUT2D eigenvalue weighted by atomic mass is 9.96. The van der Waals surface area contributed by atoms with Crippen molar-refractivity contribution in [1.82, 2.24) is 5.32 Å². The van der Waals surface area contributed by atoms with Crippen molar-refractivity contribution >= 4 is 40.6 Å². The molecule has 1 aromatic rings. The monoisotopic (exact) mass is 381 g/mol. The molecule has 0 aromatic heterocycles. The van der Waals surface area contributed by atoms with Gasteiger partial charge in [-0.25, -0.2) is 4.99 Å². The molecule has 25 heavy (non-hydrogen) atoms. The summed E-state index contributed by atoms with van der Waals surface area (Å²) in [5, 5.41) is 12.8. The highest BCUT2D eigenvalue weighted by Gasteiger charge is 2.25.